The lowest BCUT2D eigenvalue weighted by Crippen LogP contribution is -2.50. The fourth-order valence-electron chi connectivity index (χ4n) is 4.02. The fourth-order valence-corrected chi connectivity index (χ4v) is 4.02. The zero-order valence-corrected chi connectivity index (χ0v) is 21.5. The van der Waals surface area contributed by atoms with Crippen LogP contribution in [-0.2, 0) is 22.6 Å². The Kier molecular flexibility index (Phi) is 11.0. The maximum absolute atomic E-state index is 13.6. The third-order valence-electron chi connectivity index (χ3n) is 6.12. The molecule has 0 unspecified atom stereocenters. The molecule has 1 atom stereocenters. The van der Waals surface area contributed by atoms with Gasteiger partial charge in [-0.15, -0.1) is 0 Å². The van der Waals surface area contributed by atoms with Gasteiger partial charge in [-0.05, 0) is 43.0 Å². The highest BCUT2D eigenvalue weighted by Gasteiger charge is 2.30. The van der Waals surface area contributed by atoms with E-state index < -0.39 is 6.04 Å². The number of carbonyl (C=O) groups excluding carboxylic acids is 2. The molecule has 190 valence electrons. The maximum atomic E-state index is 13.6. The molecule has 2 amide bonds. The van der Waals surface area contributed by atoms with Crippen molar-refractivity contribution < 1.29 is 14.3 Å². The van der Waals surface area contributed by atoms with Gasteiger partial charge in [-0.2, -0.15) is 0 Å². The topological polar surface area (TPSA) is 58.6 Å². The first-order valence-corrected chi connectivity index (χ1v) is 12.9. The van der Waals surface area contributed by atoms with Crippen LogP contribution in [0.2, 0.25) is 0 Å². The molecule has 36 heavy (non-hydrogen) atoms. The van der Waals surface area contributed by atoms with E-state index >= 15 is 0 Å². The number of carbonyl (C=O) groups is 2. The standard InChI is InChI=1S/C31H38N2O3/c1-3-4-21-32-31(35)29(23-26-12-7-5-8-13-26)33(24-27-19-17-25(2)18-20-27)30(34)16-11-22-36-28-14-9-6-10-15-28/h5-10,12-15,17-20,29H,3-4,11,16,21-24H2,1-2H3,(H,32,35)/t29-/m1/s1. The Labute approximate surface area is 215 Å². The lowest BCUT2D eigenvalue weighted by Gasteiger charge is -2.31. The summed E-state index contributed by atoms with van der Waals surface area (Å²) >= 11 is 0. The molecule has 0 aliphatic rings. The first-order chi connectivity index (χ1) is 17.6. The zero-order chi connectivity index (χ0) is 25.6. The normalized spacial score (nSPS) is 11.5. The van der Waals surface area contributed by atoms with Gasteiger partial charge < -0.3 is 15.0 Å². The van der Waals surface area contributed by atoms with Gasteiger partial charge in [0, 0.05) is 25.9 Å². The van der Waals surface area contributed by atoms with E-state index in [9.17, 15) is 9.59 Å². The Hall–Kier alpha value is -3.60. The summed E-state index contributed by atoms with van der Waals surface area (Å²) in [6, 6.07) is 27.1. The minimum absolute atomic E-state index is 0.0428. The van der Waals surface area contributed by atoms with Crippen LogP contribution in [0.4, 0.5) is 0 Å². The highest BCUT2D eigenvalue weighted by molar-refractivity contribution is 5.88. The van der Waals surface area contributed by atoms with Gasteiger partial charge in [-0.1, -0.05) is 91.7 Å². The third-order valence-corrected chi connectivity index (χ3v) is 6.12. The molecule has 0 bridgehead atoms. The van der Waals surface area contributed by atoms with Crippen LogP contribution in [0.5, 0.6) is 5.75 Å². The van der Waals surface area contributed by atoms with Crippen molar-refractivity contribution in [2.45, 2.75) is 58.5 Å². The second kappa shape index (κ2) is 14.7. The summed E-state index contributed by atoms with van der Waals surface area (Å²) in [5.74, 6) is 0.644. The molecule has 5 heteroatoms. The Morgan fingerprint density at radius 3 is 2.19 bits per heavy atom. The van der Waals surface area contributed by atoms with Crippen molar-refractivity contribution in [3.8, 4) is 5.75 Å². The molecule has 5 nitrogen and oxygen atoms in total. The van der Waals surface area contributed by atoms with E-state index in [2.05, 4.69) is 12.2 Å². The number of hydrogen-bond acceptors (Lipinski definition) is 3. The van der Waals surface area contributed by atoms with Gasteiger partial charge in [-0.3, -0.25) is 9.59 Å². The molecule has 0 spiro atoms. The molecule has 3 aromatic carbocycles. The number of hydrogen-bond donors (Lipinski definition) is 1. The summed E-state index contributed by atoms with van der Waals surface area (Å²) in [6.07, 6.45) is 3.26. The molecule has 0 heterocycles. The SMILES string of the molecule is CCCCNC(=O)[C@@H](Cc1ccccc1)N(Cc1ccc(C)cc1)C(=O)CCCOc1ccccc1. The highest BCUT2D eigenvalue weighted by Crippen LogP contribution is 2.17. The molecular formula is C31H38N2O3. The Balaban J connectivity index is 1.77. The molecular weight excluding hydrogens is 448 g/mol. The van der Waals surface area contributed by atoms with Crippen LogP contribution in [0.25, 0.3) is 0 Å². The number of ether oxygens (including phenoxy) is 1. The first-order valence-electron chi connectivity index (χ1n) is 12.9. The minimum Gasteiger partial charge on any atom is -0.494 e. The van der Waals surface area contributed by atoms with Gasteiger partial charge in [0.2, 0.25) is 11.8 Å². The number of unbranched alkanes of at least 4 members (excludes halogenated alkanes) is 1. The average molecular weight is 487 g/mol. The molecule has 0 radical (unpaired) electrons. The summed E-state index contributed by atoms with van der Waals surface area (Å²) < 4.78 is 5.79. The van der Waals surface area contributed by atoms with Crippen LogP contribution >= 0.6 is 0 Å². The van der Waals surface area contributed by atoms with E-state index in [1.807, 2.05) is 91.9 Å². The Morgan fingerprint density at radius 2 is 1.53 bits per heavy atom. The third kappa shape index (κ3) is 8.88. The van der Waals surface area contributed by atoms with Gasteiger partial charge in [0.15, 0.2) is 0 Å². The van der Waals surface area contributed by atoms with Crippen molar-refractivity contribution >= 4 is 11.8 Å². The minimum atomic E-state index is -0.590. The molecule has 3 rings (SSSR count). The van der Waals surface area contributed by atoms with Crippen molar-refractivity contribution in [3.05, 3.63) is 102 Å². The molecule has 0 aliphatic heterocycles. The molecule has 0 saturated carbocycles. The molecule has 3 aromatic rings. The number of nitrogens with one attached hydrogen (secondary N) is 1. The number of amides is 2. The van der Waals surface area contributed by atoms with E-state index in [0.717, 1.165) is 35.3 Å². The summed E-state index contributed by atoms with van der Waals surface area (Å²) in [4.78, 5) is 28.7. The summed E-state index contributed by atoms with van der Waals surface area (Å²) in [6.45, 7) is 5.58. The fraction of sp³-hybridized carbons (Fsp3) is 0.355. The predicted molar refractivity (Wildman–Crippen MR) is 145 cm³/mol. The lowest BCUT2D eigenvalue weighted by atomic mass is 10.0. The molecule has 0 aromatic heterocycles. The van der Waals surface area contributed by atoms with Gasteiger partial charge in [0.05, 0.1) is 6.61 Å². The molecule has 0 aliphatic carbocycles. The number of nitrogens with zero attached hydrogens (tertiary/aromatic N) is 1. The van der Waals surface area contributed by atoms with E-state index in [0.29, 0.717) is 39.0 Å². The Morgan fingerprint density at radius 1 is 0.861 bits per heavy atom. The van der Waals surface area contributed by atoms with E-state index in [-0.39, 0.29) is 11.8 Å². The number of para-hydroxylation sites is 1. The van der Waals surface area contributed by atoms with E-state index in [1.165, 1.54) is 0 Å². The quantitative estimate of drug-likeness (QED) is 0.297. The van der Waals surface area contributed by atoms with Gasteiger partial charge >= 0.3 is 0 Å². The van der Waals surface area contributed by atoms with E-state index in [1.54, 1.807) is 4.90 Å². The van der Waals surface area contributed by atoms with Gasteiger partial charge in [-0.25, -0.2) is 0 Å². The Bertz CT molecular complexity index is 1050. The van der Waals surface area contributed by atoms with Crippen molar-refractivity contribution in [2.24, 2.45) is 0 Å². The summed E-state index contributed by atoms with van der Waals surface area (Å²) in [5.41, 5.74) is 3.20. The largest absolute Gasteiger partial charge is 0.494 e. The predicted octanol–water partition coefficient (Wildman–Crippen LogP) is 5.71. The van der Waals surface area contributed by atoms with Gasteiger partial charge in [0.1, 0.15) is 11.8 Å². The maximum Gasteiger partial charge on any atom is 0.243 e. The highest BCUT2D eigenvalue weighted by atomic mass is 16.5. The van der Waals surface area contributed by atoms with Crippen LogP contribution in [0.1, 0.15) is 49.3 Å². The molecule has 0 saturated heterocycles. The summed E-state index contributed by atoms with van der Waals surface area (Å²) in [5, 5.41) is 3.07. The van der Waals surface area contributed by atoms with E-state index in [4.69, 9.17) is 4.74 Å². The van der Waals surface area contributed by atoms with Crippen LogP contribution < -0.4 is 10.1 Å². The smallest absolute Gasteiger partial charge is 0.243 e. The number of rotatable bonds is 14. The first kappa shape index (κ1) is 27.0. The zero-order valence-electron chi connectivity index (χ0n) is 21.5. The monoisotopic (exact) mass is 486 g/mol. The van der Waals surface area contributed by atoms with Crippen LogP contribution in [0.15, 0.2) is 84.9 Å². The molecule has 1 N–H and O–H groups in total. The van der Waals surface area contributed by atoms with Gasteiger partial charge in [0.25, 0.3) is 0 Å². The second-order valence-corrected chi connectivity index (χ2v) is 9.12. The number of benzene rings is 3. The van der Waals surface area contributed by atoms with Crippen LogP contribution in [0.3, 0.4) is 0 Å². The summed E-state index contributed by atoms with van der Waals surface area (Å²) in [7, 11) is 0. The van der Waals surface area contributed by atoms with Crippen molar-refractivity contribution in [1.82, 2.24) is 10.2 Å². The lowest BCUT2D eigenvalue weighted by molar-refractivity contribution is -0.141. The van der Waals surface area contributed by atoms with Crippen LogP contribution in [0, 0.1) is 6.92 Å². The second-order valence-electron chi connectivity index (χ2n) is 9.12. The molecule has 0 fully saturated rings. The van der Waals surface area contributed by atoms with Crippen molar-refractivity contribution in [1.29, 1.82) is 0 Å². The van der Waals surface area contributed by atoms with Crippen LogP contribution in [-0.4, -0.2) is 35.9 Å². The van der Waals surface area contributed by atoms with Crippen molar-refractivity contribution in [2.75, 3.05) is 13.2 Å². The number of aryl methyl sites for hydroxylation is 1. The average Bonchev–Trinajstić information content (AvgIpc) is 2.91. The van der Waals surface area contributed by atoms with Crippen molar-refractivity contribution in [3.63, 3.8) is 0 Å².